The molecule has 21 heavy (non-hydrogen) atoms. The molecule has 0 heterocycles. The van der Waals surface area contributed by atoms with Gasteiger partial charge in [0.15, 0.2) is 0 Å². The molecule has 0 spiro atoms. The van der Waals surface area contributed by atoms with Crippen LogP contribution in [0.3, 0.4) is 0 Å². The van der Waals surface area contributed by atoms with Gasteiger partial charge in [-0.25, -0.2) is 8.42 Å². The molecule has 0 fully saturated rings. The Morgan fingerprint density at radius 1 is 1.29 bits per heavy atom. The van der Waals surface area contributed by atoms with Crippen LogP contribution in [0.25, 0.3) is 0 Å². The number of methoxy groups -OCH3 is 1. The van der Waals surface area contributed by atoms with Gasteiger partial charge in [0, 0.05) is 25.6 Å². The van der Waals surface area contributed by atoms with E-state index >= 15 is 0 Å². The SMILES string of the molecule is CCOCCN(CC)S(=O)(=O)c1ccc(CCl)cc1OC. The minimum atomic E-state index is -3.61. The first-order chi connectivity index (χ1) is 10.0. The lowest BCUT2D eigenvalue weighted by molar-refractivity contribution is 0.135. The highest BCUT2D eigenvalue weighted by Crippen LogP contribution is 2.28. The summed E-state index contributed by atoms with van der Waals surface area (Å²) in [5.74, 6) is 0.612. The average Bonchev–Trinajstić information content (AvgIpc) is 2.50. The Morgan fingerprint density at radius 3 is 2.52 bits per heavy atom. The van der Waals surface area contributed by atoms with E-state index in [2.05, 4.69) is 0 Å². The van der Waals surface area contributed by atoms with Crippen molar-refractivity contribution in [2.24, 2.45) is 0 Å². The lowest BCUT2D eigenvalue weighted by Crippen LogP contribution is -2.34. The molecule has 0 aliphatic carbocycles. The maximum atomic E-state index is 12.7. The second kappa shape index (κ2) is 8.58. The fraction of sp³-hybridized carbons (Fsp3) is 0.571. The highest BCUT2D eigenvalue weighted by molar-refractivity contribution is 7.89. The van der Waals surface area contributed by atoms with E-state index in [-0.39, 0.29) is 4.90 Å². The number of hydrogen-bond acceptors (Lipinski definition) is 4. The van der Waals surface area contributed by atoms with Crippen molar-refractivity contribution in [1.29, 1.82) is 0 Å². The van der Waals surface area contributed by atoms with Crippen LogP contribution in [0.1, 0.15) is 19.4 Å². The number of ether oxygens (including phenoxy) is 2. The van der Waals surface area contributed by atoms with Gasteiger partial charge in [-0.1, -0.05) is 13.0 Å². The number of sulfonamides is 1. The van der Waals surface area contributed by atoms with Crippen molar-refractivity contribution in [3.05, 3.63) is 23.8 Å². The summed E-state index contributed by atoms with van der Waals surface area (Å²) in [7, 11) is -2.17. The summed E-state index contributed by atoms with van der Waals surface area (Å²) in [5, 5.41) is 0. The fourth-order valence-corrected chi connectivity index (χ4v) is 3.64. The minimum absolute atomic E-state index is 0.150. The Bertz CT molecular complexity index is 548. The molecular formula is C14H22ClNO4S. The molecule has 0 N–H and O–H groups in total. The third-order valence-electron chi connectivity index (χ3n) is 3.04. The zero-order chi connectivity index (χ0) is 15.9. The quantitative estimate of drug-likeness (QED) is 0.514. The maximum Gasteiger partial charge on any atom is 0.246 e. The fourth-order valence-electron chi connectivity index (χ4n) is 1.91. The summed E-state index contributed by atoms with van der Waals surface area (Å²) in [6.07, 6.45) is 0. The highest BCUT2D eigenvalue weighted by Gasteiger charge is 2.26. The number of benzene rings is 1. The highest BCUT2D eigenvalue weighted by atomic mass is 35.5. The smallest absolute Gasteiger partial charge is 0.246 e. The maximum absolute atomic E-state index is 12.7. The van der Waals surface area contributed by atoms with Crippen LogP contribution in [0.15, 0.2) is 23.1 Å². The first kappa shape index (κ1) is 18.2. The van der Waals surface area contributed by atoms with Crippen LogP contribution in [0.2, 0.25) is 0 Å². The molecule has 0 aliphatic heterocycles. The van der Waals surface area contributed by atoms with Crippen LogP contribution in [-0.4, -0.2) is 46.1 Å². The number of halogens is 1. The normalized spacial score (nSPS) is 11.9. The van der Waals surface area contributed by atoms with Crippen LogP contribution in [0.5, 0.6) is 5.75 Å². The number of alkyl halides is 1. The molecule has 0 saturated carbocycles. The van der Waals surface area contributed by atoms with Crippen molar-refractivity contribution >= 4 is 21.6 Å². The van der Waals surface area contributed by atoms with Crippen LogP contribution < -0.4 is 4.74 Å². The zero-order valence-electron chi connectivity index (χ0n) is 12.6. The number of nitrogens with zero attached hydrogens (tertiary/aromatic N) is 1. The monoisotopic (exact) mass is 335 g/mol. The van der Waals surface area contributed by atoms with Gasteiger partial charge in [0.2, 0.25) is 10.0 Å². The Morgan fingerprint density at radius 2 is 2.00 bits per heavy atom. The molecule has 0 amide bonds. The predicted octanol–water partition coefficient (Wildman–Crippen LogP) is 2.48. The lowest BCUT2D eigenvalue weighted by Gasteiger charge is -2.21. The van der Waals surface area contributed by atoms with E-state index in [1.165, 1.54) is 17.5 Å². The Balaban J connectivity index is 3.10. The van der Waals surface area contributed by atoms with Crippen molar-refractivity contribution in [3.8, 4) is 5.75 Å². The van der Waals surface area contributed by atoms with Crippen molar-refractivity contribution in [3.63, 3.8) is 0 Å². The summed E-state index contributed by atoms with van der Waals surface area (Å²) in [5.41, 5.74) is 0.810. The van der Waals surface area contributed by atoms with E-state index < -0.39 is 10.0 Å². The molecule has 0 saturated heterocycles. The molecule has 0 aliphatic rings. The standard InChI is InChI=1S/C14H22ClNO4S/c1-4-16(8-9-20-5-2)21(17,18)14-7-6-12(11-15)10-13(14)19-3/h6-7,10H,4-5,8-9,11H2,1-3H3. The van der Waals surface area contributed by atoms with Crippen LogP contribution in [0, 0.1) is 0 Å². The molecule has 0 radical (unpaired) electrons. The minimum Gasteiger partial charge on any atom is -0.495 e. The topological polar surface area (TPSA) is 55.8 Å². The molecule has 5 nitrogen and oxygen atoms in total. The van der Waals surface area contributed by atoms with E-state index in [0.717, 1.165) is 5.56 Å². The van der Waals surface area contributed by atoms with E-state index in [0.29, 0.717) is 37.9 Å². The third kappa shape index (κ3) is 4.57. The molecule has 1 aromatic rings. The molecule has 0 aromatic heterocycles. The van der Waals surface area contributed by atoms with Crippen molar-refractivity contribution in [1.82, 2.24) is 4.31 Å². The van der Waals surface area contributed by atoms with Gasteiger partial charge >= 0.3 is 0 Å². The molecular weight excluding hydrogens is 314 g/mol. The summed E-state index contributed by atoms with van der Waals surface area (Å²) in [4.78, 5) is 0.150. The molecule has 1 rings (SSSR count). The summed E-state index contributed by atoms with van der Waals surface area (Å²) < 4.78 is 37.2. The molecule has 0 atom stereocenters. The Kier molecular flexibility index (Phi) is 7.45. The number of likely N-dealkylation sites (N-methyl/N-ethyl adjacent to an activating group) is 1. The van der Waals surface area contributed by atoms with Gasteiger partial charge in [-0.15, -0.1) is 11.6 Å². The molecule has 0 unspecified atom stereocenters. The summed E-state index contributed by atoms with van der Waals surface area (Å²) >= 11 is 5.76. The first-order valence-electron chi connectivity index (χ1n) is 6.82. The van der Waals surface area contributed by atoms with E-state index in [9.17, 15) is 8.42 Å². The first-order valence-corrected chi connectivity index (χ1v) is 8.79. The van der Waals surface area contributed by atoms with Crippen LogP contribution in [0.4, 0.5) is 0 Å². The van der Waals surface area contributed by atoms with Gasteiger partial charge in [-0.05, 0) is 24.6 Å². The van der Waals surface area contributed by atoms with Crippen LogP contribution >= 0.6 is 11.6 Å². The van der Waals surface area contributed by atoms with Crippen molar-refractivity contribution in [2.45, 2.75) is 24.6 Å². The van der Waals surface area contributed by atoms with Crippen LogP contribution in [-0.2, 0) is 20.6 Å². The largest absolute Gasteiger partial charge is 0.495 e. The molecule has 7 heteroatoms. The Hall–Kier alpha value is -0.820. The van der Waals surface area contributed by atoms with E-state index in [1.807, 2.05) is 6.92 Å². The van der Waals surface area contributed by atoms with Gasteiger partial charge in [0.25, 0.3) is 0 Å². The molecule has 1 aromatic carbocycles. The van der Waals surface area contributed by atoms with Crippen molar-refractivity contribution < 1.29 is 17.9 Å². The van der Waals surface area contributed by atoms with E-state index in [1.54, 1.807) is 19.1 Å². The predicted molar refractivity (Wildman–Crippen MR) is 83.5 cm³/mol. The Labute approximate surface area is 131 Å². The van der Waals surface area contributed by atoms with E-state index in [4.69, 9.17) is 21.1 Å². The lowest BCUT2D eigenvalue weighted by atomic mass is 10.2. The van der Waals surface area contributed by atoms with Gasteiger partial charge in [0.05, 0.1) is 13.7 Å². The van der Waals surface area contributed by atoms with Gasteiger partial charge in [-0.3, -0.25) is 0 Å². The zero-order valence-corrected chi connectivity index (χ0v) is 14.2. The second-order valence-corrected chi connectivity index (χ2v) is 6.49. The molecule has 120 valence electrons. The summed E-state index contributed by atoms with van der Waals surface area (Å²) in [6, 6.07) is 4.88. The third-order valence-corrected chi connectivity index (χ3v) is 5.36. The summed E-state index contributed by atoms with van der Waals surface area (Å²) in [6.45, 7) is 5.28. The number of rotatable bonds is 9. The van der Waals surface area contributed by atoms with Gasteiger partial charge < -0.3 is 9.47 Å². The number of hydrogen-bond donors (Lipinski definition) is 0. The van der Waals surface area contributed by atoms with Gasteiger partial charge in [-0.2, -0.15) is 4.31 Å². The average molecular weight is 336 g/mol. The molecule has 0 bridgehead atoms. The second-order valence-electron chi connectivity index (χ2n) is 4.31. The van der Waals surface area contributed by atoms with Crippen molar-refractivity contribution in [2.75, 3.05) is 33.4 Å². The van der Waals surface area contributed by atoms with Gasteiger partial charge in [0.1, 0.15) is 10.6 Å².